The first-order chi connectivity index (χ1) is 54.5. The van der Waals surface area contributed by atoms with Crippen LogP contribution in [0.5, 0.6) is 0 Å². The fourth-order valence-electron chi connectivity index (χ4n) is 18.6. The molecule has 2 aliphatic rings. The summed E-state index contributed by atoms with van der Waals surface area (Å²) in [6, 6.07) is 141. The van der Waals surface area contributed by atoms with E-state index in [1.54, 1.807) is 0 Å². The van der Waals surface area contributed by atoms with Crippen molar-refractivity contribution >= 4 is 132 Å². The van der Waals surface area contributed by atoms with Gasteiger partial charge in [-0.25, -0.2) is 0 Å². The lowest BCUT2D eigenvalue weighted by molar-refractivity contribution is 1.18. The normalized spacial score (nSPS) is 12.5. The maximum absolute atomic E-state index is 2.48. The van der Waals surface area contributed by atoms with Gasteiger partial charge in [0.25, 0.3) is 0 Å². The fourth-order valence-corrected chi connectivity index (χ4v) is 20.9. The predicted octanol–water partition coefficient (Wildman–Crippen LogP) is 29.0. The zero-order valence-electron chi connectivity index (χ0n) is 59.4. The first kappa shape index (κ1) is 61.5. The molecule has 110 heavy (non-hydrogen) atoms. The molecule has 0 saturated heterocycles. The van der Waals surface area contributed by atoms with E-state index in [1.807, 2.05) is 23.5 Å². The molecule has 4 nitrogen and oxygen atoms in total. The summed E-state index contributed by atoms with van der Waals surface area (Å²) in [5.74, 6) is 0. The minimum atomic E-state index is 1.12. The van der Waals surface area contributed by atoms with Gasteiger partial charge >= 0.3 is 0 Å². The Kier molecular flexibility index (Phi) is 13.4. The molecule has 0 radical (unpaired) electrons. The largest absolute Gasteiger partial charge is 0.309 e. The van der Waals surface area contributed by atoms with Gasteiger partial charge in [0.1, 0.15) is 0 Å². The highest BCUT2D eigenvalue weighted by Crippen LogP contribution is 2.55. The highest BCUT2D eigenvalue weighted by molar-refractivity contribution is 8.00. The first-order valence-electron chi connectivity index (χ1n) is 37.8. The molecule has 18 aromatic carbocycles. The Bertz CT molecular complexity index is 7690. The number of para-hydroxylation sites is 4. The van der Waals surface area contributed by atoms with Crippen molar-refractivity contribution in [3.8, 4) is 101 Å². The summed E-state index contributed by atoms with van der Waals surface area (Å²) in [6.45, 7) is 0. The van der Waals surface area contributed by atoms with E-state index in [9.17, 15) is 0 Å². The topological polar surface area (TPSA) is 19.7 Å². The molecule has 0 N–H and O–H groups in total. The van der Waals surface area contributed by atoms with Crippen LogP contribution in [-0.4, -0.2) is 18.3 Å². The van der Waals surface area contributed by atoms with Gasteiger partial charge < -0.3 is 18.3 Å². The second-order valence-corrected chi connectivity index (χ2v) is 31.6. The molecule has 6 heteroatoms. The molecule has 0 atom stereocenters. The van der Waals surface area contributed by atoms with Crippen LogP contribution in [0.1, 0.15) is 0 Å². The molecule has 0 spiro atoms. The van der Waals surface area contributed by atoms with Crippen molar-refractivity contribution in [3.63, 3.8) is 0 Å². The van der Waals surface area contributed by atoms with Crippen LogP contribution in [0.3, 0.4) is 0 Å². The van der Waals surface area contributed by atoms with Crippen LogP contribution >= 0.6 is 23.5 Å². The highest BCUT2D eigenvalue weighted by atomic mass is 32.2. The number of hydrogen-bond acceptors (Lipinski definition) is 2. The second-order valence-electron chi connectivity index (χ2n) is 29.4. The molecule has 0 fully saturated rings. The Labute approximate surface area is 642 Å². The van der Waals surface area contributed by atoms with Crippen LogP contribution in [0, 0.1) is 0 Å². The summed E-state index contributed by atoms with van der Waals surface area (Å²) >= 11 is 3.78. The van der Waals surface area contributed by atoms with Crippen molar-refractivity contribution in [2.24, 2.45) is 0 Å². The van der Waals surface area contributed by atoms with Crippen LogP contribution in [0.2, 0.25) is 0 Å². The third-order valence-corrected chi connectivity index (χ3v) is 25.7. The molecule has 0 saturated carbocycles. The van der Waals surface area contributed by atoms with Crippen LogP contribution in [0.25, 0.3) is 209 Å². The van der Waals surface area contributed by atoms with Gasteiger partial charge in [0.05, 0.1) is 44.1 Å². The molecule has 24 rings (SSSR count). The summed E-state index contributed by atoms with van der Waals surface area (Å²) in [5.41, 5.74) is 31.1. The van der Waals surface area contributed by atoms with Crippen LogP contribution < -0.4 is 0 Å². The van der Waals surface area contributed by atoms with E-state index in [-0.39, 0.29) is 0 Å². The molecule has 22 aromatic rings. The van der Waals surface area contributed by atoms with Gasteiger partial charge in [0.2, 0.25) is 0 Å². The molecule has 0 amide bonds. The van der Waals surface area contributed by atoms with Crippen molar-refractivity contribution in [1.29, 1.82) is 0 Å². The zero-order chi connectivity index (χ0) is 71.8. The SMILES string of the molecule is c1ccc(-c2ccc3c4ccccc4n(-c4ccc(-c5ccc6c(c5)c5c7cccc8c7c(cc5n6-c5ccccc5)Sc5ccc(-c6cccc(-c7ccc9c%10ccccc%10n(-c%10cccc(-c%11ccc%12c(c%11)c%11c%13cccc%14c%13c(cc%11n%12-c%11ccccc%11)Sc%11ccccc%11-%14)c%10)c9c7)c6)cc5-8)cc4)c3c2)cc1. The van der Waals surface area contributed by atoms with Crippen molar-refractivity contribution in [3.05, 3.63) is 376 Å². The van der Waals surface area contributed by atoms with Gasteiger partial charge in [-0.15, -0.1) is 0 Å². The number of benzene rings is 18. The van der Waals surface area contributed by atoms with Gasteiger partial charge in [-0.3, -0.25) is 0 Å². The Morgan fingerprint density at radius 1 is 0.145 bits per heavy atom. The van der Waals surface area contributed by atoms with Gasteiger partial charge in [0.15, 0.2) is 0 Å². The van der Waals surface area contributed by atoms with E-state index >= 15 is 0 Å². The fraction of sp³-hybridized carbons (Fsp3) is 0. The summed E-state index contributed by atoms with van der Waals surface area (Å²) < 4.78 is 9.85. The summed E-state index contributed by atoms with van der Waals surface area (Å²) in [5, 5.41) is 15.2. The average molecular weight is 1430 g/mol. The number of rotatable bonds is 9. The van der Waals surface area contributed by atoms with E-state index < -0.39 is 0 Å². The van der Waals surface area contributed by atoms with Crippen molar-refractivity contribution in [2.75, 3.05) is 0 Å². The van der Waals surface area contributed by atoms with Crippen molar-refractivity contribution in [1.82, 2.24) is 18.3 Å². The second kappa shape index (κ2) is 23.9. The number of fused-ring (bicyclic) bond motifs is 18. The van der Waals surface area contributed by atoms with E-state index in [4.69, 9.17) is 0 Å². The average Bonchev–Trinajstić information content (AvgIpc) is 1.48. The van der Waals surface area contributed by atoms with Crippen LogP contribution in [0.15, 0.2) is 396 Å². The highest BCUT2D eigenvalue weighted by Gasteiger charge is 2.28. The smallest absolute Gasteiger partial charge is 0.0558 e. The summed E-state index contributed by atoms with van der Waals surface area (Å²) in [6.07, 6.45) is 0. The molecular formula is C104H62N4S2. The van der Waals surface area contributed by atoms with E-state index in [0.717, 1.165) is 22.7 Å². The Morgan fingerprint density at radius 3 is 1.11 bits per heavy atom. The van der Waals surface area contributed by atoms with Gasteiger partial charge in [-0.2, -0.15) is 0 Å². The minimum Gasteiger partial charge on any atom is -0.309 e. The Hall–Kier alpha value is -13.6. The van der Waals surface area contributed by atoms with Gasteiger partial charge in [0, 0.05) is 96.2 Å². The van der Waals surface area contributed by atoms with E-state index in [1.165, 1.54) is 206 Å². The van der Waals surface area contributed by atoms with Gasteiger partial charge in [-0.1, -0.05) is 266 Å². The summed E-state index contributed by atoms with van der Waals surface area (Å²) in [4.78, 5) is 5.13. The monoisotopic (exact) mass is 1430 g/mol. The molecule has 0 unspecified atom stereocenters. The maximum Gasteiger partial charge on any atom is 0.0558 e. The lowest BCUT2D eigenvalue weighted by atomic mass is 9.92. The number of nitrogens with zero attached hydrogens (tertiary/aromatic N) is 4. The van der Waals surface area contributed by atoms with Crippen molar-refractivity contribution < 1.29 is 0 Å². The van der Waals surface area contributed by atoms with Gasteiger partial charge in [-0.05, 0) is 222 Å². The lowest BCUT2D eigenvalue weighted by Gasteiger charge is -2.22. The van der Waals surface area contributed by atoms with Crippen LogP contribution in [0.4, 0.5) is 0 Å². The molecule has 6 heterocycles. The third-order valence-electron chi connectivity index (χ3n) is 23.5. The first-order valence-corrected chi connectivity index (χ1v) is 39.4. The Morgan fingerprint density at radius 2 is 0.500 bits per heavy atom. The molecule has 4 aromatic heterocycles. The van der Waals surface area contributed by atoms with Crippen molar-refractivity contribution in [2.45, 2.75) is 19.6 Å². The molecular weight excluding hydrogens is 1370 g/mol. The quantitative estimate of drug-likeness (QED) is 0.143. The molecule has 0 aliphatic carbocycles. The standard InChI is InChI=1S/C104H62N4S2/c1-4-20-63(21-5-1)71-42-49-79-77-30-10-13-37-89(77)105(93(79)59-71)75-47-40-64(41-48-75)68-44-51-91-87(57-68)102-85-36-19-34-83-86-56-70(46-53-98(86)110-100(104(83)85)62-96(102)106(91)73-25-6-2-7-26-73)65-22-16-23-66(54-65)72-43-50-80-78-31-11-14-38-90(78)108(94(80)60-72)76-29-17-24-67(55-76)69-45-52-92-88(58-69)101-84-35-18-33-82-81-32-12-15-39-97(81)109-99(103(82)84)61-95(101)107(92)74-27-8-3-9-28-74/h1-62H. The maximum atomic E-state index is 2.48. The molecule has 2 aliphatic heterocycles. The number of aromatic nitrogens is 4. The predicted molar refractivity (Wildman–Crippen MR) is 465 cm³/mol. The van der Waals surface area contributed by atoms with Crippen LogP contribution in [-0.2, 0) is 0 Å². The Balaban J connectivity index is 0.591. The number of hydrogen-bond donors (Lipinski definition) is 0. The minimum absolute atomic E-state index is 1.12. The van der Waals surface area contributed by atoms with E-state index in [2.05, 4.69) is 394 Å². The lowest BCUT2D eigenvalue weighted by Crippen LogP contribution is -1.96. The molecule has 510 valence electrons. The zero-order valence-corrected chi connectivity index (χ0v) is 61.0. The van der Waals surface area contributed by atoms with E-state index in [0.29, 0.717) is 0 Å². The summed E-state index contributed by atoms with van der Waals surface area (Å²) in [7, 11) is 0. The molecule has 0 bridgehead atoms. The third kappa shape index (κ3) is 9.24.